The summed E-state index contributed by atoms with van der Waals surface area (Å²) in [7, 11) is 0. The molecule has 0 rings (SSSR count). The second kappa shape index (κ2) is 21.0. The molecule has 0 saturated carbocycles. The predicted molar refractivity (Wildman–Crippen MR) is 144 cm³/mol. The lowest BCUT2D eigenvalue weighted by Gasteiger charge is -2.28. The largest absolute Gasteiger partial charge is 0.109 e. The van der Waals surface area contributed by atoms with Crippen LogP contribution in [0.3, 0.4) is 0 Å². The van der Waals surface area contributed by atoms with Gasteiger partial charge in [-0.3, -0.25) is 0 Å². The van der Waals surface area contributed by atoms with Gasteiger partial charge in [-0.25, -0.2) is 0 Å². The van der Waals surface area contributed by atoms with E-state index in [0.29, 0.717) is 0 Å². The van der Waals surface area contributed by atoms with E-state index >= 15 is 0 Å². The zero-order valence-electron chi connectivity index (χ0n) is 18.7. The molecule has 0 aliphatic carbocycles. The highest BCUT2D eigenvalue weighted by Crippen LogP contribution is 2.75. The van der Waals surface area contributed by atoms with Crippen LogP contribution in [0.25, 0.3) is 0 Å². The van der Waals surface area contributed by atoms with Crippen LogP contribution in [0, 0.1) is 0 Å². The predicted octanol–water partition coefficient (Wildman–Crippen LogP) is 10.8. The minimum atomic E-state index is -0.156. The maximum absolute atomic E-state index is 4.03. The molecule has 0 aliphatic heterocycles. The molecule has 0 aromatic heterocycles. The molecule has 0 spiro atoms. The maximum atomic E-state index is 4.03. The van der Waals surface area contributed by atoms with Crippen molar-refractivity contribution in [2.45, 2.75) is 114 Å². The minimum Gasteiger partial charge on any atom is -0.109 e. The third-order valence-electron chi connectivity index (χ3n) is 4.63. The van der Waals surface area contributed by atoms with Crippen LogP contribution in [0.1, 0.15) is 97.8 Å². The summed E-state index contributed by atoms with van der Waals surface area (Å²) < 4.78 is 0. The van der Waals surface area contributed by atoms with Crippen LogP contribution in [0.5, 0.6) is 0 Å². The van der Waals surface area contributed by atoms with Gasteiger partial charge in [0.15, 0.2) is 0 Å². The summed E-state index contributed by atoms with van der Waals surface area (Å²) in [4.78, 5) is 0. The van der Waals surface area contributed by atoms with Crippen molar-refractivity contribution >= 4 is 39.7 Å². The van der Waals surface area contributed by atoms with Gasteiger partial charge in [0, 0.05) is 15.7 Å². The molecular weight excluding hydrogens is 415 g/mol. The Morgan fingerprint density at radius 1 is 0.607 bits per heavy atom. The van der Waals surface area contributed by atoms with Crippen molar-refractivity contribution in [1.29, 1.82) is 0 Å². The summed E-state index contributed by atoms with van der Waals surface area (Å²) in [6.07, 6.45) is 21.7. The normalized spacial score (nSPS) is 15.5. The molecule has 0 amide bonds. The van der Waals surface area contributed by atoms with Gasteiger partial charge in [-0.15, -0.1) is 53.9 Å². The fraction of sp³-hybridized carbons (Fsp3) is 0.750. The van der Waals surface area contributed by atoms with Crippen molar-refractivity contribution in [3.05, 3.63) is 38.0 Å². The number of hydrogen-bond acceptors (Lipinski definition) is 3. The van der Waals surface area contributed by atoms with Crippen molar-refractivity contribution in [2.75, 3.05) is 0 Å². The first-order valence-corrected chi connectivity index (χ1v) is 17.1. The molecule has 0 saturated heterocycles. The van der Waals surface area contributed by atoms with Gasteiger partial charge in [0.25, 0.3) is 0 Å². The minimum absolute atomic E-state index is 0.156. The number of allylic oxidation sites excluding steroid dienone is 3. The van der Waals surface area contributed by atoms with Crippen molar-refractivity contribution < 1.29 is 0 Å². The van der Waals surface area contributed by atoms with E-state index in [1.54, 1.807) is 0 Å². The summed E-state index contributed by atoms with van der Waals surface area (Å²) in [6.45, 7) is 19.0. The topological polar surface area (TPSA) is 0 Å². The Bertz CT molecular complexity index is 329. The maximum Gasteiger partial charge on any atom is 0.0737 e. The van der Waals surface area contributed by atoms with Gasteiger partial charge in [0.05, 0.1) is 5.53 Å². The lowest BCUT2D eigenvalue weighted by molar-refractivity contribution is 0.689. The standard InChI is InChI=1S/C24H45PS3/c1-7-13-19-22(16-10-4)26-25(27-23(17-11-5)20-14-8-2)28-24(18-12-6)21-15-9-3/h10-12,22-24H,4-9,13-21H2,1-3H3. The van der Waals surface area contributed by atoms with Crippen LogP contribution in [0.2, 0.25) is 0 Å². The van der Waals surface area contributed by atoms with E-state index in [1.807, 2.05) is 0 Å². The highest BCUT2D eigenvalue weighted by Gasteiger charge is 2.24. The van der Waals surface area contributed by atoms with Crippen LogP contribution < -0.4 is 0 Å². The van der Waals surface area contributed by atoms with Gasteiger partial charge >= 0.3 is 0 Å². The second-order valence-electron chi connectivity index (χ2n) is 7.41. The lowest BCUT2D eigenvalue weighted by Crippen LogP contribution is -2.04. The Morgan fingerprint density at radius 3 is 1.11 bits per heavy atom. The molecule has 28 heavy (non-hydrogen) atoms. The van der Waals surface area contributed by atoms with Crippen LogP contribution in [0.4, 0.5) is 0 Å². The number of hydrogen-bond donors (Lipinski definition) is 0. The molecule has 0 aromatic rings. The Balaban J connectivity index is 5.17. The average molecular weight is 461 g/mol. The third kappa shape index (κ3) is 15.5. The molecule has 0 fully saturated rings. The SMILES string of the molecule is C=CCC(CCCC)SP(SC(CC=C)CCCC)SC(CC=C)CCCC. The Morgan fingerprint density at radius 2 is 0.893 bits per heavy atom. The summed E-state index contributed by atoms with van der Waals surface area (Å²) in [6, 6.07) is 0. The highest BCUT2D eigenvalue weighted by atomic mass is 33.4. The molecule has 0 bridgehead atoms. The van der Waals surface area contributed by atoms with Gasteiger partial charge in [-0.05, 0) is 38.5 Å². The van der Waals surface area contributed by atoms with Crippen molar-refractivity contribution in [1.82, 2.24) is 0 Å². The monoisotopic (exact) mass is 460 g/mol. The molecule has 164 valence electrons. The van der Waals surface area contributed by atoms with Gasteiger partial charge in [0.2, 0.25) is 0 Å². The van der Waals surface area contributed by atoms with Crippen molar-refractivity contribution in [2.24, 2.45) is 0 Å². The van der Waals surface area contributed by atoms with Crippen LogP contribution in [0.15, 0.2) is 38.0 Å². The number of rotatable bonds is 21. The molecule has 3 atom stereocenters. The molecule has 0 heterocycles. The summed E-state index contributed by atoms with van der Waals surface area (Å²) in [5.41, 5.74) is -0.156. The first-order valence-electron chi connectivity index (χ1n) is 11.3. The zero-order valence-corrected chi connectivity index (χ0v) is 22.1. The fourth-order valence-corrected chi connectivity index (χ4v) is 17.6. The van der Waals surface area contributed by atoms with Crippen LogP contribution in [-0.4, -0.2) is 15.7 Å². The molecule has 4 heteroatoms. The van der Waals surface area contributed by atoms with Crippen LogP contribution >= 0.6 is 39.7 Å². The van der Waals surface area contributed by atoms with E-state index in [1.165, 1.54) is 57.8 Å². The first kappa shape index (κ1) is 28.7. The van der Waals surface area contributed by atoms with Gasteiger partial charge in [-0.1, -0.05) is 77.5 Å². The molecule has 0 aliphatic rings. The molecular formula is C24H45PS3. The second-order valence-corrected chi connectivity index (χ2v) is 17.7. The zero-order chi connectivity index (χ0) is 21.0. The van der Waals surface area contributed by atoms with Crippen LogP contribution in [-0.2, 0) is 0 Å². The molecule has 0 nitrogen and oxygen atoms in total. The molecule has 0 N–H and O–H groups in total. The Kier molecular flexibility index (Phi) is 21.5. The van der Waals surface area contributed by atoms with E-state index in [-0.39, 0.29) is 5.53 Å². The number of unbranched alkanes of at least 4 members (excludes halogenated alkanes) is 3. The van der Waals surface area contributed by atoms with E-state index in [9.17, 15) is 0 Å². The fourth-order valence-electron chi connectivity index (χ4n) is 2.93. The van der Waals surface area contributed by atoms with E-state index in [2.05, 4.69) is 92.9 Å². The van der Waals surface area contributed by atoms with E-state index in [4.69, 9.17) is 0 Å². The first-order chi connectivity index (χ1) is 13.6. The van der Waals surface area contributed by atoms with Gasteiger partial charge in [-0.2, -0.15) is 0 Å². The summed E-state index contributed by atoms with van der Waals surface area (Å²) in [5, 5.41) is 2.19. The Labute approximate surface area is 190 Å². The van der Waals surface area contributed by atoms with Gasteiger partial charge in [0.1, 0.15) is 0 Å². The van der Waals surface area contributed by atoms with Crippen molar-refractivity contribution in [3.63, 3.8) is 0 Å². The summed E-state index contributed by atoms with van der Waals surface area (Å²) >= 11 is 6.84. The third-order valence-corrected chi connectivity index (χ3v) is 16.2. The smallest absolute Gasteiger partial charge is 0.0737 e. The Hall–Kier alpha value is 0.700. The summed E-state index contributed by atoms with van der Waals surface area (Å²) in [5.74, 6) is 0. The molecule has 0 aromatic carbocycles. The molecule has 3 unspecified atom stereocenters. The average Bonchev–Trinajstić information content (AvgIpc) is 2.68. The quantitative estimate of drug-likeness (QED) is 0.123. The van der Waals surface area contributed by atoms with E-state index in [0.717, 1.165) is 35.0 Å². The van der Waals surface area contributed by atoms with Crippen molar-refractivity contribution in [3.8, 4) is 0 Å². The lowest BCUT2D eigenvalue weighted by atomic mass is 10.1. The van der Waals surface area contributed by atoms with E-state index < -0.39 is 0 Å². The highest BCUT2D eigenvalue weighted by molar-refractivity contribution is 9.12. The van der Waals surface area contributed by atoms with Gasteiger partial charge < -0.3 is 0 Å². The molecule has 0 radical (unpaired) electrons.